The lowest BCUT2D eigenvalue weighted by Crippen LogP contribution is -2.36. The number of fused-ring (bicyclic) bond motifs is 2. The van der Waals surface area contributed by atoms with Crippen LogP contribution in [0.15, 0.2) is 18.2 Å². The van der Waals surface area contributed by atoms with Crippen LogP contribution in [0.5, 0.6) is 11.5 Å². The Labute approximate surface area is 116 Å². The van der Waals surface area contributed by atoms with Gasteiger partial charge in [0.15, 0.2) is 21.3 Å². The molecule has 2 saturated heterocycles. The average Bonchev–Trinajstić information content (AvgIpc) is 3.00. The number of hydrogen-bond acceptors (Lipinski definition) is 5. The van der Waals surface area contributed by atoms with Gasteiger partial charge in [0.05, 0.1) is 17.5 Å². The van der Waals surface area contributed by atoms with E-state index in [2.05, 4.69) is 0 Å². The van der Waals surface area contributed by atoms with Crippen molar-refractivity contribution in [3.8, 4) is 11.5 Å². The van der Waals surface area contributed by atoms with Crippen LogP contribution in [0.25, 0.3) is 0 Å². The molecule has 1 amide bonds. The van der Waals surface area contributed by atoms with E-state index < -0.39 is 9.84 Å². The molecule has 0 bridgehead atoms. The fourth-order valence-corrected chi connectivity index (χ4v) is 5.33. The molecule has 3 heterocycles. The van der Waals surface area contributed by atoms with Gasteiger partial charge in [-0.25, -0.2) is 8.42 Å². The number of rotatable bonds is 1. The summed E-state index contributed by atoms with van der Waals surface area (Å²) in [6, 6.07) is 5.03. The summed E-state index contributed by atoms with van der Waals surface area (Å²) in [4.78, 5) is 13.8. The van der Waals surface area contributed by atoms with Crippen molar-refractivity contribution in [2.45, 2.75) is 12.5 Å². The molecular formula is C13H13NO5S. The van der Waals surface area contributed by atoms with Crippen LogP contribution in [-0.4, -0.2) is 38.7 Å². The number of sulfone groups is 1. The van der Waals surface area contributed by atoms with Gasteiger partial charge >= 0.3 is 0 Å². The minimum absolute atomic E-state index is 0.0197. The van der Waals surface area contributed by atoms with E-state index in [1.807, 2.05) is 0 Å². The topological polar surface area (TPSA) is 72.9 Å². The summed E-state index contributed by atoms with van der Waals surface area (Å²) in [5.74, 6) is 1.31. The van der Waals surface area contributed by atoms with E-state index in [0.29, 0.717) is 23.6 Å². The van der Waals surface area contributed by atoms with Crippen LogP contribution in [0.3, 0.4) is 0 Å². The molecule has 0 unspecified atom stereocenters. The fourth-order valence-electron chi connectivity index (χ4n) is 3.26. The van der Waals surface area contributed by atoms with E-state index in [0.717, 1.165) is 0 Å². The summed E-state index contributed by atoms with van der Waals surface area (Å²) in [6.07, 6.45) is 0.304. The van der Waals surface area contributed by atoms with E-state index in [-0.39, 0.29) is 36.2 Å². The molecule has 0 N–H and O–H groups in total. The lowest BCUT2D eigenvalue weighted by atomic mass is 10.0. The van der Waals surface area contributed by atoms with E-state index >= 15 is 0 Å². The van der Waals surface area contributed by atoms with Gasteiger partial charge in [-0.3, -0.25) is 4.79 Å². The van der Waals surface area contributed by atoms with Gasteiger partial charge < -0.3 is 14.4 Å². The minimum Gasteiger partial charge on any atom is -0.454 e. The van der Waals surface area contributed by atoms with Crippen LogP contribution in [-0.2, 0) is 14.6 Å². The Kier molecular flexibility index (Phi) is 2.33. The number of anilines is 1. The highest BCUT2D eigenvalue weighted by molar-refractivity contribution is 7.91. The van der Waals surface area contributed by atoms with Gasteiger partial charge in [-0.05, 0) is 12.1 Å². The molecular weight excluding hydrogens is 282 g/mol. The van der Waals surface area contributed by atoms with Crippen molar-refractivity contribution in [1.29, 1.82) is 0 Å². The van der Waals surface area contributed by atoms with Crippen LogP contribution < -0.4 is 14.4 Å². The van der Waals surface area contributed by atoms with Gasteiger partial charge in [-0.15, -0.1) is 0 Å². The second kappa shape index (κ2) is 3.88. The Morgan fingerprint density at radius 3 is 2.80 bits per heavy atom. The first-order valence-electron chi connectivity index (χ1n) is 6.46. The molecule has 0 aliphatic carbocycles. The van der Waals surface area contributed by atoms with Gasteiger partial charge in [0.1, 0.15) is 0 Å². The summed E-state index contributed by atoms with van der Waals surface area (Å²) >= 11 is 0. The van der Waals surface area contributed by atoms with Gasteiger partial charge in [0.2, 0.25) is 12.7 Å². The van der Waals surface area contributed by atoms with Crippen molar-refractivity contribution >= 4 is 21.4 Å². The Morgan fingerprint density at radius 1 is 1.15 bits per heavy atom. The Balaban J connectivity index is 1.72. The molecule has 0 spiro atoms. The largest absolute Gasteiger partial charge is 0.454 e. The summed E-state index contributed by atoms with van der Waals surface area (Å²) in [5.41, 5.74) is 0.684. The summed E-state index contributed by atoms with van der Waals surface area (Å²) in [6.45, 7) is 0.174. The molecule has 2 fully saturated rings. The summed E-state index contributed by atoms with van der Waals surface area (Å²) in [7, 11) is -3.03. The first-order chi connectivity index (χ1) is 9.53. The number of ether oxygens (including phenoxy) is 2. The zero-order chi connectivity index (χ0) is 13.9. The molecule has 7 heteroatoms. The molecule has 20 heavy (non-hydrogen) atoms. The number of hydrogen-bond donors (Lipinski definition) is 0. The van der Waals surface area contributed by atoms with Gasteiger partial charge in [0.25, 0.3) is 0 Å². The van der Waals surface area contributed by atoms with E-state index in [9.17, 15) is 13.2 Å². The van der Waals surface area contributed by atoms with Crippen molar-refractivity contribution in [3.63, 3.8) is 0 Å². The second-order valence-corrected chi connectivity index (χ2v) is 7.56. The molecule has 1 aromatic rings. The van der Waals surface area contributed by atoms with Gasteiger partial charge in [-0.1, -0.05) is 0 Å². The highest BCUT2D eigenvalue weighted by Gasteiger charge is 2.49. The standard InChI is InChI=1S/C13H13NO5S/c15-13-3-8-5-20(16,17)6-10(8)14(13)9-1-2-11-12(4-9)19-7-18-11/h1-2,4,8,10H,3,5-7H2/t8-,10+/m0/s1. The normalized spacial score (nSPS) is 29.8. The highest BCUT2D eigenvalue weighted by Crippen LogP contribution is 2.41. The number of carbonyl (C=O) groups excluding carboxylic acids is 1. The van der Waals surface area contributed by atoms with Crippen LogP contribution in [0.4, 0.5) is 5.69 Å². The molecule has 3 aliphatic rings. The van der Waals surface area contributed by atoms with Gasteiger partial charge in [0, 0.05) is 24.1 Å². The molecule has 0 saturated carbocycles. The van der Waals surface area contributed by atoms with Crippen molar-refractivity contribution in [1.82, 2.24) is 0 Å². The van der Waals surface area contributed by atoms with Crippen LogP contribution in [0, 0.1) is 5.92 Å². The number of amides is 1. The molecule has 1 aromatic carbocycles. The Bertz CT molecular complexity index is 699. The van der Waals surface area contributed by atoms with Crippen molar-refractivity contribution in [3.05, 3.63) is 18.2 Å². The Morgan fingerprint density at radius 2 is 1.95 bits per heavy atom. The van der Waals surface area contributed by atoms with Crippen LogP contribution in [0.2, 0.25) is 0 Å². The SMILES string of the molecule is O=C1C[C@H]2CS(=O)(=O)C[C@H]2N1c1ccc2c(c1)OCO2. The molecule has 106 valence electrons. The van der Waals surface area contributed by atoms with E-state index in [4.69, 9.17) is 9.47 Å². The maximum Gasteiger partial charge on any atom is 0.231 e. The Hall–Kier alpha value is -1.76. The first kappa shape index (κ1) is 12.0. The highest BCUT2D eigenvalue weighted by atomic mass is 32.2. The van der Waals surface area contributed by atoms with E-state index in [1.54, 1.807) is 23.1 Å². The third-order valence-electron chi connectivity index (χ3n) is 4.11. The molecule has 0 aromatic heterocycles. The van der Waals surface area contributed by atoms with Crippen molar-refractivity contribution in [2.24, 2.45) is 5.92 Å². The van der Waals surface area contributed by atoms with Gasteiger partial charge in [-0.2, -0.15) is 0 Å². The zero-order valence-corrected chi connectivity index (χ0v) is 11.4. The lowest BCUT2D eigenvalue weighted by Gasteiger charge is -2.23. The monoisotopic (exact) mass is 295 g/mol. The lowest BCUT2D eigenvalue weighted by molar-refractivity contribution is -0.117. The minimum atomic E-state index is -3.03. The fraction of sp³-hybridized carbons (Fsp3) is 0.462. The summed E-state index contributed by atoms with van der Waals surface area (Å²) < 4.78 is 34.0. The molecule has 0 radical (unpaired) electrons. The average molecular weight is 295 g/mol. The number of carbonyl (C=O) groups is 1. The quantitative estimate of drug-likeness (QED) is 0.757. The predicted molar refractivity (Wildman–Crippen MR) is 70.6 cm³/mol. The smallest absolute Gasteiger partial charge is 0.231 e. The first-order valence-corrected chi connectivity index (χ1v) is 8.28. The maximum atomic E-state index is 12.2. The summed E-state index contributed by atoms with van der Waals surface area (Å²) in [5, 5.41) is 0. The molecule has 6 nitrogen and oxygen atoms in total. The van der Waals surface area contributed by atoms with Crippen molar-refractivity contribution in [2.75, 3.05) is 23.2 Å². The maximum absolute atomic E-state index is 12.2. The van der Waals surface area contributed by atoms with Crippen LogP contribution in [0.1, 0.15) is 6.42 Å². The van der Waals surface area contributed by atoms with Crippen LogP contribution >= 0.6 is 0 Å². The molecule has 4 rings (SSSR count). The zero-order valence-electron chi connectivity index (χ0n) is 10.6. The predicted octanol–water partition coefficient (Wildman–Crippen LogP) is 0.565. The van der Waals surface area contributed by atoms with E-state index in [1.165, 1.54) is 0 Å². The second-order valence-electron chi connectivity index (χ2n) is 5.41. The number of nitrogens with zero attached hydrogens (tertiary/aromatic N) is 1. The number of benzene rings is 1. The molecule has 2 atom stereocenters. The van der Waals surface area contributed by atoms with Crippen molar-refractivity contribution < 1.29 is 22.7 Å². The third-order valence-corrected chi connectivity index (χ3v) is 5.89. The molecule has 3 aliphatic heterocycles. The third kappa shape index (κ3) is 1.69.